The normalized spacial score (nSPS) is 10.5. The van der Waals surface area contributed by atoms with Crippen molar-refractivity contribution >= 4 is 16.7 Å². The molecule has 0 fully saturated rings. The summed E-state index contributed by atoms with van der Waals surface area (Å²) in [5.74, 6) is 0.518. The van der Waals surface area contributed by atoms with Gasteiger partial charge in [-0.25, -0.2) is 10.5 Å². The van der Waals surface area contributed by atoms with Gasteiger partial charge < -0.3 is 9.40 Å². The summed E-state index contributed by atoms with van der Waals surface area (Å²) < 4.78 is 1.92. The second-order valence-electron chi connectivity index (χ2n) is 3.91. The molecule has 0 amide bonds. The minimum atomic E-state index is 0.518. The molecule has 0 bridgehead atoms. The Bertz CT molecular complexity index is 663. The Balaban J connectivity index is 1.87. The van der Waals surface area contributed by atoms with Crippen molar-refractivity contribution in [3.05, 3.63) is 48.9 Å². The summed E-state index contributed by atoms with van der Waals surface area (Å²) in [6.45, 7) is 0. The van der Waals surface area contributed by atoms with E-state index in [1.165, 1.54) is 6.33 Å². The molecule has 0 aliphatic rings. The topological polar surface area (TPSA) is 52.0 Å². The molecule has 90 valence electrons. The number of hydrogen-bond acceptors (Lipinski definition) is 4. The van der Waals surface area contributed by atoms with Crippen molar-refractivity contribution in [3.63, 3.8) is 0 Å². The quantitative estimate of drug-likeness (QED) is 0.714. The van der Waals surface area contributed by atoms with Crippen molar-refractivity contribution in [1.29, 1.82) is 0 Å². The second-order valence-corrected chi connectivity index (χ2v) is 3.91. The van der Waals surface area contributed by atoms with Crippen LogP contribution >= 0.6 is 0 Å². The maximum Gasteiger partial charge on any atom is 0.258 e. The van der Waals surface area contributed by atoms with E-state index >= 15 is 0 Å². The van der Waals surface area contributed by atoms with Crippen LogP contribution in [0, 0.1) is 0 Å². The molecule has 5 heteroatoms. The van der Waals surface area contributed by atoms with Gasteiger partial charge in [0.1, 0.15) is 12.0 Å². The lowest BCUT2D eigenvalue weighted by atomic mass is 10.3. The lowest BCUT2D eigenvalue weighted by Gasteiger charge is -2.07. The molecule has 0 atom stereocenters. The number of aryl methyl sites for hydroxylation is 1. The average molecular weight is 240 g/mol. The third-order valence-electron chi connectivity index (χ3n) is 2.66. The fourth-order valence-corrected chi connectivity index (χ4v) is 1.75. The highest BCUT2D eigenvalue weighted by molar-refractivity contribution is 5.81. The van der Waals surface area contributed by atoms with Crippen LogP contribution in [-0.2, 0) is 7.05 Å². The predicted molar refractivity (Wildman–Crippen MR) is 69.2 cm³/mol. The number of rotatable bonds is 3. The zero-order chi connectivity index (χ0) is 12.4. The van der Waals surface area contributed by atoms with E-state index < -0.39 is 0 Å². The third-order valence-corrected chi connectivity index (χ3v) is 2.66. The first kappa shape index (κ1) is 10.6. The van der Waals surface area contributed by atoms with Crippen molar-refractivity contribution in [2.75, 3.05) is 5.48 Å². The molecule has 1 N–H and O–H groups in total. The van der Waals surface area contributed by atoms with Crippen LogP contribution in [-0.4, -0.2) is 14.5 Å². The summed E-state index contributed by atoms with van der Waals surface area (Å²) in [7, 11) is 1.93. The number of aromatic nitrogens is 3. The first-order chi connectivity index (χ1) is 8.84. The molecule has 2 heterocycles. The third kappa shape index (κ3) is 1.86. The summed E-state index contributed by atoms with van der Waals surface area (Å²) >= 11 is 0. The Labute approximate surface area is 104 Å². The Morgan fingerprint density at radius 2 is 1.94 bits per heavy atom. The fraction of sp³-hybridized carbons (Fsp3) is 0.0769. The highest BCUT2D eigenvalue weighted by Crippen LogP contribution is 2.21. The van der Waals surface area contributed by atoms with Gasteiger partial charge in [0.25, 0.3) is 5.88 Å². The van der Waals surface area contributed by atoms with Gasteiger partial charge in [0.15, 0.2) is 0 Å². The molecule has 18 heavy (non-hydrogen) atoms. The zero-order valence-corrected chi connectivity index (χ0v) is 9.87. The molecule has 2 aromatic heterocycles. The van der Waals surface area contributed by atoms with Crippen LogP contribution in [0.15, 0.2) is 48.9 Å². The molecule has 0 spiro atoms. The van der Waals surface area contributed by atoms with E-state index in [1.807, 2.05) is 54.2 Å². The predicted octanol–water partition coefficient (Wildman–Crippen LogP) is 2.37. The summed E-state index contributed by atoms with van der Waals surface area (Å²) in [6, 6.07) is 11.6. The Morgan fingerprint density at radius 1 is 1.11 bits per heavy atom. The molecular weight excluding hydrogens is 228 g/mol. The highest BCUT2D eigenvalue weighted by atomic mass is 16.7. The first-order valence-corrected chi connectivity index (χ1v) is 5.58. The number of benzene rings is 1. The maximum atomic E-state index is 5.50. The highest BCUT2D eigenvalue weighted by Gasteiger charge is 2.07. The molecule has 0 unspecified atom stereocenters. The monoisotopic (exact) mass is 240 g/mol. The number of anilines is 1. The average Bonchev–Trinajstić information content (AvgIpc) is 2.80. The van der Waals surface area contributed by atoms with Gasteiger partial charge in [-0.3, -0.25) is 0 Å². The SMILES string of the molecule is Cn1ccc2c(ONc3ccccc3)ncnc21. The van der Waals surface area contributed by atoms with E-state index in [0.29, 0.717) is 5.88 Å². The molecule has 1 aromatic carbocycles. The summed E-state index contributed by atoms with van der Waals surface area (Å²) in [5.41, 5.74) is 4.58. The molecule has 0 radical (unpaired) electrons. The number of para-hydroxylation sites is 1. The molecule has 3 aromatic rings. The van der Waals surface area contributed by atoms with Gasteiger partial charge in [-0.05, 0) is 18.2 Å². The van der Waals surface area contributed by atoms with E-state index in [1.54, 1.807) is 0 Å². The van der Waals surface area contributed by atoms with E-state index in [0.717, 1.165) is 16.7 Å². The molecule has 0 aliphatic heterocycles. The van der Waals surface area contributed by atoms with Crippen LogP contribution in [0.4, 0.5) is 5.69 Å². The minimum absolute atomic E-state index is 0.518. The Kier molecular flexibility index (Phi) is 2.57. The molecule has 0 saturated heterocycles. The summed E-state index contributed by atoms with van der Waals surface area (Å²) in [4.78, 5) is 13.8. The number of hydrogen-bond donors (Lipinski definition) is 1. The largest absolute Gasteiger partial charge is 0.361 e. The van der Waals surface area contributed by atoms with Crippen LogP contribution in [0.1, 0.15) is 0 Å². The Morgan fingerprint density at radius 3 is 2.78 bits per heavy atom. The van der Waals surface area contributed by atoms with E-state index in [-0.39, 0.29) is 0 Å². The van der Waals surface area contributed by atoms with Crippen LogP contribution in [0.25, 0.3) is 11.0 Å². The van der Waals surface area contributed by atoms with Gasteiger partial charge in [-0.15, -0.1) is 0 Å². The standard InChI is InChI=1S/C13H12N4O/c1-17-8-7-11-12(17)14-9-15-13(11)18-16-10-5-3-2-4-6-10/h2-9,16H,1H3. The lowest BCUT2D eigenvalue weighted by molar-refractivity contribution is 0.393. The van der Waals surface area contributed by atoms with Crippen LogP contribution in [0.3, 0.4) is 0 Å². The van der Waals surface area contributed by atoms with Crippen molar-refractivity contribution in [3.8, 4) is 5.88 Å². The van der Waals surface area contributed by atoms with Crippen LogP contribution < -0.4 is 10.3 Å². The van der Waals surface area contributed by atoms with Gasteiger partial charge in [-0.2, -0.15) is 4.98 Å². The molecule has 5 nitrogen and oxygen atoms in total. The Hall–Kier alpha value is -2.56. The molecular formula is C13H12N4O. The van der Waals surface area contributed by atoms with Gasteiger partial charge in [0, 0.05) is 13.2 Å². The van der Waals surface area contributed by atoms with E-state index in [9.17, 15) is 0 Å². The van der Waals surface area contributed by atoms with Crippen LogP contribution in [0.2, 0.25) is 0 Å². The van der Waals surface area contributed by atoms with Gasteiger partial charge in [0.2, 0.25) is 0 Å². The van der Waals surface area contributed by atoms with Crippen molar-refractivity contribution in [2.45, 2.75) is 0 Å². The number of fused-ring (bicyclic) bond motifs is 1. The molecule has 0 aliphatic carbocycles. The molecule has 3 rings (SSSR count). The van der Waals surface area contributed by atoms with Crippen molar-refractivity contribution < 1.29 is 4.84 Å². The second kappa shape index (κ2) is 4.37. The first-order valence-electron chi connectivity index (χ1n) is 5.58. The zero-order valence-electron chi connectivity index (χ0n) is 9.87. The lowest BCUT2D eigenvalue weighted by Crippen LogP contribution is -2.06. The van der Waals surface area contributed by atoms with Crippen molar-refractivity contribution in [2.24, 2.45) is 7.05 Å². The van der Waals surface area contributed by atoms with Gasteiger partial charge in [-0.1, -0.05) is 18.2 Å². The minimum Gasteiger partial charge on any atom is -0.361 e. The van der Waals surface area contributed by atoms with E-state index in [4.69, 9.17) is 4.84 Å². The van der Waals surface area contributed by atoms with Gasteiger partial charge >= 0.3 is 0 Å². The van der Waals surface area contributed by atoms with Gasteiger partial charge in [0.05, 0.1) is 11.1 Å². The van der Waals surface area contributed by atoms with Crippen molar-refractivity contribution in [1.82, 2.24) is 14.5 Å². The smallest absolute Gasteiger partial charge is 0.258 e. The maximum absolute atomic E-state index is 5.50. The van der Waals surface area contributed by atoms with E-state index in [2.05, 4.69) is 15.4 Å². The molecule has 0 saturated carbocycles. The number of nitrogens with zero attached hydrogens (tertiary/aromatic N) is 3. The fourth-order valence-electron chi connectivity index (χ4n) is 1.75. The summed E-state index contributed by atoms with van der Waals surface area (Å²) in [6.07, 6.45) is 3.42. The number of nitrogens with one attached hydrogen (secondary N) is 1. The summed E-state index contributed by atoms with van der Waals surface area (Å²) in [5, 5.41) is 0.878. The van der Waals surface area contributed by atoms with Crippen LogP contribution in [0.5, 0.6) is 5.88 Å².